The highest BCUT2D eigenvalue weighted by atomic mass is 35.5. The van der Waals surface area contributed by atoms with Gasteiger partial charge in [0.2, 0.25) is 5.96 Å². The molecule has 2 aliphatic heterocycles. The molecule has 2 heterocycles. The van der Waals surface area contributed by atoms with Gasteiger partial charge in [-0.05, 0) is 30.2 Å². The Balaban J connectivity index is 0.00000132. The second-order valence-electron chi connectivity index (χ2n) is 5.33. The Morgan fingerprint density at radius 2 is 1.71 bits per heavy atom. The van der Waals surface area contributed by atoms with Crippen molar-refractivity contribution in [1.29, 1.82) is 0 Å². The van der Waals surface area contributed by atoms with Gasteiger partial charge in [-0.1, -0.05) is 36.4 Å². The molecule has 0 spiro atoms. The average Bonchev–Trinajstić information content (AvgIpc) is 3.04. The van der Waals surface area contributed by atoms with E-state index in [1.54, 1.807) is 0 Å². The van der Waals surface area contributed by atoms with Gasteiger partial charge in [-0.3, -0.25) is 4.99 Å². The molecule has 21 heavy (non-hydrogen) atoms. The monoisotopic (exact) mass is 298 g/mol. The zero-order valence-corrected chi connectivity index (χ0v) is 12.7. The van der Waals surface area contributed by atoms with Gasteiger partial charge in [0, 0.05) is 6.54 Å². The second kappa shape index (κ2) is 5.41. The summed E-state index contributed by atoms with van der Waals surface area (Å²) < 4.78 is 0. The first-order valence-electron chi connectivity index (χ1n) is 7.07. The minimum absolute atomic E-state index is 0. The van der Waals surface area contributed by atoms with Crippen LogP contribution in [0.25, 0.3) is 0 Å². The van der Waals surface area contributed by atoms with Crippen molar-refractivity contribution in [3.05, 3.63) is 59.7 Å². The van der Waals surface area contributed by atoms with Crippen LogP contribution in [-0.2, 0) is 6.54 Å². The Kier molecular flexibility index (Phi) is 3.60. The maximum atomic E-state index is 4.69. The van der Waals surface area contributed by atoms with E-state index in [0.29, 0.717) is 0 Å². The fourth-order valence-corrected chi connectivity index (χ4v) is 3.04. The third-order valence-electron chi connectivity index (χ3n) is 4.11. The highest BCUT2D eigenvalue weighted by molar-refractivity contribution is 6.16. The van der Waals surface area contributed by atoms with Crippen LogP contribution in [0.5, 0.6) is 0 Å². The maximum Gasteiger partial charge on any atom is 0.206 e. The van der Waals surface area contributed by atoms with E-state index in [1.165, 1.54) is 22.5 Å². The highest BCUT2D eigenvalue weighted by Gasteiger charge is 2.34. The SMILES string of the molecule is Cc1ccccc1CN1C2=NCCN2c2ccccc21.[Cl-]. The summed E-state index contributed by atoms with van der Waals surface area (Å²) in [5, 5.41) is 0. The van der Waals surface area contributed by atoms with E-state index in [0.717, 1.165) is 25.6 Å². The van der Waals surface area contributed by atoms with E-state index in [9.17, 15) is 0 Å². The molecule has 2 aromatic rings. The van der Waals surface area contributed by atoms with Crippen molar-refractivity contribution < 1.29 is 12.4 Å². The van der Waals surface area contributed by atoms with Crippen LogP contribution in [0.1, 0.15) is 11.1 Å². The Hall–Kier alpha value is -2.00. The largest absolute Gasteiger partial charge is 1.00 e. The molecule has 0 aromatic heterocycles. The normalized spacial score (nSPS) is 15.4. The lowest BCUT2D eigenvalue weighted by atomic mass is 10.1. The van der Waals surface area contributed by atoms with Gasteiger partial charge < -0.3 is 22.2 Å². The molecule has 0 saturated carbocycles. The van der Waals surface area contributed by atoms with Crippen molar-refractivity contribution >= 4 is 17.3 Å². The Bertz CT molecular complexity index is 696. The molecule has 0 atom stereocenters. The zero-order chi connectivity index (χ0) is 13.5. The molecule has 0 bridgehead atoms. The molecule has 0 fully saturated rings. The van der Waals surface area contributed by atoms with Crippen LogP contribution >= 0.6 is 0 Å². The lowest BCUT2D eigenvalue weighted by Crippen LogP contribution is -3.00. The lowest BCUT2D eigenvalue weighted by molar-refractivity contribution is -0.00000396. The molecule has 0 amide bonds. The molecule has 0 saturated heterocycles. The number of halogens is 1. The summed E-state index contributed by atoms with van der Waals surface area (Å²) in [7, 11) is 0. The first-order chi connectivity index (χ1) is 9.84. The molecule has 2 aromatic carbocycles. The van der Waals surface area contributed by atoms with Crippen LogP contribution in [-0.4, -0.2) is 19.0 Å². The first-order valence-corrected chi connectivity index (χ1v) is 7.07. The number of hydrogen-bond donors (Lipinski definition) is 0. The number of hydrogen-bond acceptors (Lipinski definition) is 3. The lowest BCUT2D eigenvalue weighted by Gasteiger charge is -2.20. The van der Waals surface area contributed by atoms with Gasteiger partial charge in [0.05, 0.1) is 24.5 Å². The smallest absolute Gasteiger partial charge is 0.206 e. The predicted octanol–water partition coefficient (Wildman–Crippen LogP) is 0.195. The van der Waals surface area contributed by atoms with Crippen LogP contribution < -0.4 is 22.2 Å². The number of nitrogens with zero attached hydrogens (tertiary/aromatic N) is 3. The summed E-state index contributed by atoms with van der Waals surface area (Å²) in [6, 6.07) is 17.2. The summed E-state index contributed by atoms with van der Waals surface area (Å²) in [5.74, 6) is 1.11. The Morgan fingerprint density at radius 1 is 1.00 bits per heavy atom. The standard InChI is InChI=1S/C17H17N3.ClH/c1-13-6-2-3-7-14(13)12-20-16-9-5-4-8-15(16)19-11-10-18-17(19)20;/h2-9H,10-12H2,1H3;1H/p-1. The van der Waals surface area contributed by atoms with Crippen LogP contribution in [0.2, 0.25) is 0 Å². The number of guanidine groups is 1. The second-order valence-corrected chi connectivity index (χ2v) is 5.33. The fourth-order valence-electron chi connectivity index (χ4n) is 3.04. The highest BCUT2D eigenvalue weighted by Crippen LogP contribution is 2.39. The first kappa shape index (κ1) is 14.0. The van der Waals surface area contributed by atoms with Crippen molar-refractivity contribution in [3.63, 3.8) is 0 Å². The number of rotatable bonds is 2. The van der Waals surface area contributed by atoms with Crippen LogP contribution in [0.15, 0.2) is 53.5 Å². The van der Waals surface area contributed by atoms with Crippen LogP contribution in [0.4, 0.5) is 11.4 Å². The van der Waals surface area contributed by atoms with E-state index in [4.69, 9.17) is 0 Å². The summed E-state index contributed by atoms with van der Waals surface area (Å²) >= 11 is 0. The Morgan fingerprint density at radius 3 is 2.52 bits per heavy atom. The summed E-state index contributed by atoms with van der Waals surface area (Å²) in [6.07, 6.45) is 0. The molecule has 3 nitrogen and oxygen atoms in total. The quantitative estimate of drug-likeness (QED) is 0.789. The third kappa shape index (κ3) is 2.18. The molecule has 108 valence electrons. The van der Waals surface area contributed by atoms with Crippen molar-refractivity contribution in [2.45, 2.75) is 13.5 Å². The van der Waals surface area contributed by atoms with Gasteiger partial charge >= 0.3 is 0 Å². The van der Waals surface area contributed by atoms with Gasteiger partial charge in [-0.2, -0.15) is 0 Å². The van der Waals surface area contributed by atoms with E-state index in [1.807, 2.05) is 0 Å². The minimum Gasteiger partial charge on any atom is -1.00 e. The molecule has 0 unspecified atom stereocenters. The molecule has 4 rings (SSSR count). The Labute approximate surface area is 131 Å². The number of para-hydroxylation sites is 2. The van der Waals surface area contributed by atoms with Gasteiger partial charge in [0.1, 0.15) is 0 Å². The third-order valence-corrected chi connectivity index (χ3v) is 4.11. The van der Waals surface area contributed by atoms with E-state index in [-0.39, 0.29) is 12.4 Å². The number of fused-ring (bicyclic) bond motifs is 3. The number of aryl methyl sites for hydroxylation is 1. The topological polar surface area (TPSA) is 18.8 Å². The maximum absolute atomic E-state index is 4.69. The molecular formula is C17H17ClN3-. The predicted molar refractivity (Wildman–Crippen MR) is 83.5 cm³/mol. The number of anilines is 2. The molecular weight excluding hydrogens is 282 g/mol. The van der Waals surface area contributed by atoms with Gasteiger partial charge in [0.25, 0.3) is 0 Å². The summed E-state index contributed by atoms with van der Waals surface area (Å²) in [6.45, 7) is 4.95. The van der Waals surface area contributed by atoms with E-state index in [2.05, 4.69) is 70.2 Å². The molecule has 0 radical (unpaired) electrons. The summed E-state index contributed by atoms with van der Waals surface area (Å²) in [5.41, 5.74) is 5.26. The van der Waals surface area contributed by atoms with Crippen molar-refractivity contribution in [3.8, 4) is 0 Å². The van der Waals surface area contributed by atoms with Gasteiger partial charge in [-0.25, -0.2) is 0 Å². The fraction of sp³-hybridized carbons (Fsp3) is 0.235. The van der Waals surface area contributed by atoms with Gasteiger partial charge in [0.15, 0.2) is 0 Å². The molecule has 0 N–H and O–H groups in total. The van der Waals surface area contributed by atoms with E-state index >= 15 is 0 Å². The molecule has 0 aliphatic carbocycles. The molecule has 4 heteroatoms. The van der Waals surface area contributed by atoms with Crippen molar-refractivity contribution in [1.82, 2.24) is 0 Å². The zero-order valence-electron chi connectivity index (χ0n) is 12.0. The number of benzene rings is 2. The number of aliphatic imine (C=N–C) groups is 1. The van der Waals surface area contributed by atoms with E-state index < -0.39 is 0 Å². The molecule has 2 aliphatic rings. The van der Waals surface area contributed by atoms with Crippen LogP contribution in [0, 0.1) is 6.92 Å². The van der Waals surface area contributed by atoms with Crippen LogP contribution in [0.3, 0.4) is 0 Å². The average molecular weight is 299 g/mol. The van der Waals surface area contributed by atoms with Crippen molar-refractivity contribution in [2.75, 3.05) is 22.9 Å². The minimum atomic E-state index is 0. The van der Waals surface area contributed by atoms with Crippen molar-refractivity contribution in [2.24, 2.45) is 4.99 Å². The van der Waals surface area contributed by atoms with Gasteiger partial charge in [-0.15, -0.1) is 0 Å². The summed E-state index contributed by atoms with van der Waals surface area (Å²) in [4.78, 5) is 9.35.